The highest BCUT2D eigenvalue weighted by Gasteiger charge is 2.31. The topological polar surface area (TPSA) is 72.9 Å². The number of hydrogen-bond acceptors (Lipinski definition) is 5. The second kappa shape index (κ2) is 6.54. The van der Waals surface area contributed by atoms with Crippen molar-refractivity contribution in [2.24, 2.45) is 12.8 Å². The summed E-state index contributed by atoms with van der Waals surface area (Å²) < 4.78 is 2.13. The van der Waals surface area contributed by atoms with E-state index in [1.807, 2.05) is 12.3 Å². The minimum atomic E-state index is 0.326. The number of fused-ring (bicyclic) bond motifs is 1. The van der Waals surface area contributed by atoms with Crippen LogP contribution in [0.5, 0.6) is 0 Å². The molecule has 4 rings (SSSR count). The molecule has 25 heavy (non-hydrogen) atoms. The Bertz CT molecular complexity index is 875. The Labute approximate surface area is 147 Å². The van der Waals surface area contributed by atoms with Gasteiger partial charge in [-0.2, -0.15) is 0 Å². The Hall–Kier alpha value is -2.31. The summed E-state index contributed by atoms with van der Waals surface area (Å²) in [4.78, 5) is 6.79. The number of aromatic nitrogens is 4. The van der Waals surface area contributed by atoms with Gasteiger partial charge in [0.05, 0.1) is 12.1 Å². The van der Waals surface area contributed by atoms with Gasteiger partial charge in [-0.15, -0.1) is 10.2 Å². The molecule has 0 aliphatic heterocycles. The van der Waals surface area contributed by atoms with Gasteiger partial charge in [0, 0.05) is 37.1 Å². The molecule has 1 aliphatic carbocycles. The van der Waals surface area contributed by atoms with Gasteiger partial charge in [0.25, 0.3) is 0 Å². The summed E-state index contributed by atoms with van der Waals surface area (Å²) in [5.74, 6) is 2.52. The van der Waals surface area contributed by atoms with Crippen LogP contribution in [0.1, 0.15) is 36.0 Å². The van der Waals surface area contributed by atoms with Gasteiger partial charge in [-0.25, -0.2) is 0 Å². The standard InChI is InChI=1S/C19H24N6/c1-24(11-14-6-3-5-13-7-4-8-21-18(13)14)12-17-22-23-19(25(17)2)15-9-16(20)10-15/h3-8,15-16H,9-12,20H2,1-2H3. The highest BCUT2D eigenvalue weighted by molar-refractivity contribution is 5.81. The molecule has 1 aliphatic rings. The summed E-state index contributed by atoms with van der Waals surface area (Å²) in [6, 6.07) is 10.7. The van der Waals surface area contributed by atoms with Crippen LogP contribution in [-0.4, -0.2) is 37.7 Å². The van der Waals surface area contributed by atoms with Gasteiger partial charge in [-0.05, 0) is 31.5 Å². The van der Waals surface area contributed by atoms with Crippen LogP contribution < -0.4 is 5.73 Å². The molecule has 2 aromatic heterocycles. The Morgan fingerprint density at radius 1 is 1.16 bits per heavy atom. The Morgan fingerprint density at radius 2 is 1.96 bits per heavy atom. The molecular weight excluding hydrogens is 312 g/mol. The summed E-state index contributed by atoms with van der Waals surface area (Å²) in [6.45, 7) is 1.58. The fourth-order valence-electron chi connectivity index (χ4n) is 3.62. The molecule has 1 fully saturated rings. The van der Waals surface area contributed by atoms with Crippen LogP contribution in [0.25, 0.3) is 10.9 Å². The second-order valence-electron chi connectivity index (χ2n) is 7.13. The number of para-hydroxylation sites is 1. The fourth-order valence-corrected chi connectivity index (χ4v) is 3.62. The highest BCUT2D eigenvalue weighted by atomic mass is 15.3. The van der Waals surface area contributed by atoms with Crippen LogP contribution >= 0.6 is 0 Å². The lowest BCUT2D eigenvalue weighted by molar-refractivity contribution is 0.303. The first-order chi connectivity index (χ1) is 12.1. The summed E-state index contributed by atoms with van der Waals surface area (Å²) in [5.41, 5.74) is 8.20. The van der Waals surface area contributed by atoms with E-state index >= 15 is 0 Å². The normalized spacial score (nSPS) is 20.2. The molecule has 6 nitrogen and oxygen atoms in total. The fraction of sp³-hybridized carbons (Fsp3) is 0.421. The third kappa shape index (κ3) is 3.15. The summed E-state index contributed by atoms with van der Waals surface area (Å²) >= 11 is 0. The zero-order valence-corrected chi connectivity index (χ0v) is 14.8. The van der Waals surface area contributed by atoms with Crippen molar-refractivity contribution in [3.63, 3.8) is 0 Å². The van der Waals surface area contributed by atoms with E-state index < -0.39 is 0 Å². The van der Waals surface area contributed by atoms with Gasteiger partial charge in [0.1, 0.15) is 11.6 Å². The lowest BCUT2D eigenvalue weighted by Crippen LogP contribution is -2.36. The Morgan fingerprint density at radius 3 is 2.76 bits per heavy atom. The first-order valence-electron chi connectivity index (χ1n) is 8.76. The van der Waals surface area contributed by atoms with Crippen molar-refractivity contribution in [2.45, 2.75) is 37.9 Å². The molecule has 3 aromatic rings. The Kier molecular flexibility index (Phi) is 4.23. The maximum atomic E-state index is 5.90. The molecular formula is C19H24N6. The molecule has 0 bridgehead atoms. The van der Waals surface area contributed by atoms with Gasteiger partial charge in [0.2, 0.25) is 0 Å². The minimum Gasteiger partial charge on any atom is -0.328 e. The van der Waals surface area contributed by atoms with Gasteiger partial charge in [-0.3, -0.25) is 9.88 Å². The molecule has 1 saturated carbocycles. The number of hydrogen-bond donors (Lipinski definition) is 1. The smallest absolute Gasteiger partial charge is 0.146 e. The van der Waals surface area contributed by atoms with E-state index in [1.54, 1.807) is 0 Å². The van der Waals surface area contributed by atoms with Crippen molar-refractivity contribution in [1.82, 2.24) is 24.6 Å². The predicted octanol–water partition coefficient (Wildman–Crippen LogP) is 2.20. The monoisotopic (exact) mass is 336 g/mol. The first-order valence-corrected chi connectivity index (χ1v) is 8.76. The molecule has 0 atom stereocenters. The number of benzene rings is 1. The van der Waals surface area contributed by atoms with Crippen molar-refractivity contribution >= 4 is 10.9 Å². The summed E-state index contributed by atoms with van der Waals surface area (Å²) in [6.07, 6.45) is 3.89. The lowest BCUT2D eigenvalue weighted by Gasteiger charge is -2.31. The molecule has 2 heterocycles. The zero-order valence-electron chi connectivity index (χ0n) is 14.8. The maximum Gasteiger partial charge on any atom is 0.146 e. The van der Waals surface area contributed by atoms with Crippen LogP contribution in [0.4, 0.5) is 0 Å². The molecule has 0 saturated heterocycles. The molecule has 0 spiro atoms. The molecule has 0 unspecified atom stereocenters. The van der Waals surface area contributed by atoms with Crippen molar-refractivity contribution in [3.8, 4) is 0 Å². The van der Waals surface area contributed by atoms with Crippen LogP contribution in [0.2, 0.25) is 0 Å². The second-order valence-corrected chi connectivity index (χ2v) is 7.13. The number of nitrogens with two attached hydrogens (primary N) is 1. The van der Waals surface area contributed by atoms with Gasteiger partial charge in [0.15, 0.2) is 0 Å². The third-order valence-electron chi connectivity index (χ3n) is 5.11. The number of rotatable bonds is 5. The minimum absolute atomic E-state index is 0.326. The van der Waals surface area contributed by atoms with Crippen LogP contribution in [0.15, 0.2) is 36.5 Å². The van der Waals surface area contributed by atoms with Gasteiger partial charge >= 0.3 is 0 Å². The van der Waals surface area contributed by atoms with E-state index in [2.05, 4.69) is 63.0 Å². The van der Waals surface area contributed by atoms with Gasteiger partial charge in [-0.1, -0.05) is 24.3 Å². The number of nitrogens with zero attached hydrogens (tertiary/aromatic N) is 5. The average molecular weight is 336 g/mol. The van der Waals surface area contributed by atoms with Crippen molar-refractivity contribution in [3.05, 3.63) is 53.7 Å². The van der Waals surface area contributed by atoms with Crippen LogP contribution in [0.3, 0.4) is 0 Å². The van der Waals surface area contributed by atoms with E-state index in [9.17, 15) is 0 Å². The lowest BCUT2D eigenvalue weighted by atomic mass is 9.80. The van der Waals surface area contributed by atoms with Crippen molar-refractivity contribution in [2.75, 3.05) is 7.05 Å². The highest BCUT2D eigenvalue weighted by Crippen LogP contribution is 2.34. The van der Waals surface area contributed by atoms with Crippen LogP contribution in [0, 0.1) is 0 Å². The van der Waals surface area contributed by atoms with E-state index in [0.717, 1.165) is 43.1 Å². The third-order valence-corrected chi connectivity index (χ3v) is 5.11. The Balaban J connectivity index is 1.48. The molecule has 0 radical (unpaired) electrons. The summed E-state index contributed by atoms with van der Waals surface area (Å²) in [7, 11) is 4.16. The first kappa shape index (κ1) is 16.2. The van der Waals surface area contributed by atoms with Crippen molar-refractivity contribution in [1.29, 1.82) is 0 Å². The van der Waals surface area contributed by atoms with E-state index in [1.165, 1.54) is 10.9 Å². The molecule has 0 amide bonds. The largest absolute Gasteiger partial charge is 0.328 e. The van der Waals surface area contributed by atoms with E-state index in [4.69, 9.17) is 5.73 Å². The number of pyridine rings is 1. The molecule has 130 valence electrons. The van der Waals surface area contributed by atoms with E-state index in [-0.39, 0.29) is 0 Å². The van der Waals surface area contributed by atoms with Crippen molar-refractivity contribution < 1.29 is 0 Å². The molecule has 1 aromatic carbocycles. The predicted molar refractivity (Wildman–Crippen MR) is 97.9 cm³/mol. The van der Waals surface area contributed by atoms with E-state index in [0.29, 0.717) is 12.0 Å². The van der Waals surface area contributed by atoms with Gasteiger partial charge < -0.3 is 10.3 Å². The molecule has 6 heteroatoms. The SMILES string of the molecule is CN(Cc1cccc2cccnc12)Cc1nnc(C2CC(N)C2)n1C. The van der Waals surface area contributed by atoms with Crippen LogP contribution in [-0.2, 0) is 20.1 Å². The average Bonchev–Trinajstić information content (AvgIpc) is 2.93. The zero-order chi connectivity index (χ0) is 17.4. The quantitative estimate of drug-likeness (QED) is 0.773. The summed E-state index contributed by atoms with van der Waals surface area (Å²) in [5, 5.41) is 9.98. The molecule has 2 N–H and O–H groups in total. The maximum absolute atomic E-state index is 5.90.